The van der Waals surface area contributed by atoms with Gasteiger partial charge in [0.1, 0.15) is 5.76 Å². The second kappa shape index (κ2) is 5.06. The molecule has 2 rings (SSSR count). The van der Waals surface area contributed by atoms with Gasteiger partial charge in [-0.2, -0.15) is 0 Å². The normalized spacial score (nSPS) is 10.4. The summed E-state index contributed by atoms with van der Waals surface area (Å²) in [5.74, 6) is 0.916. The van der Waals surface area contributed by atoms with E-state index in [1.807, 2.05) is 12.1 Å². The highest BCUT2D eigenvalue weighted by atomic mass is 79.9. The Kier molecular flexibility index (Phi) is 3.71. The molecule has 0 bridgehead atoms. The summed E-state index contributed by atoms with van der Waals surface area (Å²) in [6.07, 6.45) is 1.68. The van der Waals surface area contributed by atoms with E-state index < -0.39 is 0 Å². The van der Waals surface area contributed by atoms with Crippen LogP contribution in [0, 0.1) is 6.92 Å². The van der Waals surface area contributed by atoms with E-state index in [2.05, 4.69) is 56.2 Å². The van der Waals surface area contributed by atoms with E-state index in [1.54, 1.807) is 6.26 Å². The maximum atomic E-state index is 5.27. The van der Waals surface area contributed by atoms with Crippen LogP contribution < -0.4 is 5.32 Å². The second-order valence-electron chi connectivity index (χ2n) is 3.54. The lowest BCUT2D eigenvalue weighted by Crippen LogP contribution is -2.00. The predicted molar refractivity (Wildman–Crippen MR) is 72.6 cm³/mol. The third-order valence-electron chi connectivity index (χ3n) is 2.21. The van der Waals surface area contributed by atoms with Gasteiger partial charge in [-0.1, -0.05) is 0 Å². The molecule has 1 aromatic heterocycles. The average molecular weight is 345 g/mol. The Bertz CT molecular complexity index is 457. The fourth-order valence-corrected chi connectivity index (χ4v) is 3.15. The predicted octanol–water partition coefficient (Wildman–Crippen LogP) is 4.73. The van der Waals surface area contributed by atoms with Gasteiger partial charge in [0.2, 0.25) is 0 Å². The summed E-state index contributed by atoms with van der Waals surface area (Å²) in [6.45, 7) is 2.74. The molecule has 0 fully saturated rings. The van der Waals surface area contributed by atoms with Gasteiger partial charge in [-0.25, -0.2) is 0 Å². The molecule has 0 aliphatic rings. The fourth-order valence-electron chi connectivity index (χ4n) is 1.46. The lowest BCUT2D eigenvalue weighted by atomic mass is 10.2. The number of hydrogen-bond donors (Lipinski definition) is 1. The molecule has 0 radical (unpaired) electrons. The van der Waals surface area contributed by atoms with Crippen molar-refractivity contribution in [3.05, 3.63) is 50.8 Å². The fraction of sp³-hybridized carbons (Fsp3) is 0.167. The minimum atomic E-state index is 0.674. The van der Waals surface area contributed by atoms with Crippen molar-refractivity contribution in [2.24, 2.45) is 0 Å². The minimum absolute atomic E-state index is 0.674. The number of halogens is 2. The third-order valence-corrected chi connectivity index (χ3v) is 3.46. The maximum absolute atomic E-state index is 5.27. The lowest BCUT2D eigenvalue weighted by molar-refractivity contribution is 0.518. The Labute approximate surface area is 111 Å². The van der Waals surface area contributed by atoms with Crippen LogP contribution in [0.2, 0.25) is 0 Å². The Hall–Kier alpha value is -0.740. The molecule has 2 nitrogen and oxygen atoms in total. The highest BCUT2D eigenvalue weighted by Gasteiger charge is 2.06. The van der Waals surface area contributed by atoms with E-state index in [0.717, 1.165) is 20.4 Å². The minimum Gasteiger partial charge on any atom is -0.467 e. The highest BCUT2D eigenvalue weighted by Crippen LogP contribution is 2.32. The summed E-state index contributed by atoms with van der Waals surface area (Å²) in [4.78, 5) is 0. The van der Waals surface area contributed by atoms with E-state index in [-0.39, 0.29) is 0 Å². The quantitative estimate of drug-likeness (QED) is 0.871. The molecule has 1 heterocycles. The molecule has 0 unspecified atom stereocenters. The van der Waals surface area contributed by atoms with E-state index in [1.165, 1.54) is 5.56 Å². The van der Waals surface area contributed by atoms with E-state index >= 15 is 0 Å². The van der Waals surface area contributed by atoms with Gasteiger partial charge in [0, 0.05) is 8.95 Å². The van der Waals surface area contributed by atoms with Gasteiger partial charge < -0.3 is 9.73 Å². The van der Waals surface area contributed by atoms with E-state index in [0.29, 0.717) is 6.54 Å². The number of furan rings is 1. The monoisotopic (exact) mass is 343 g/mol. The molecule has 0 spiro atoms. The van der Waals surface area contributed by atoms with Crippen molar-refractivity contribution in [2.45, 2.75) is 13.5 Å². The summed E-state index contributed by atoms with van der Waals surface area (Å²) in [7, 11) is 0. The first-order valence-corrected chi connectivity index (χ1v) is 6.47. The number of hydrogen-bond acceptors (Lipinski definition) is 2. The standard InChI is InChI=1S/C12H11Br2NO/c1-8-5-10(13)12(11(14)6-8)15-7-9-3-2-4-16-9/h2-6,15H,7H2,1H3. The van der Waals surface area contributed by atoms with Gasteiger partial charge >= 0.3 is 0 Å². The Morgan fingerprint density at radius 2 is 1.94 bits per heavy atom. The second-order valence-corrected chi connectivity index (χ2v) is 5.25. The Balaban J connectivity index is 2.15. The number of nitrogens with one attached hydrogen (secondary N) is 1. The molecule has 0 aliphatic heterocycles. The van der Waals surface area contributed by atoms with Crippen LogP contribution in [0.1, 0.15) is 11.3 Å². The lowest BCUT2D eigenvalue weighted by Gasteiger charge is -2.10. The molecule has 1 N–H and O–H groups in total. The van der Waals surface area contributed by atoms with Crippen LogP contribution in [0.3, 0.4) is 0 Å². The zero-order chi connectivity index (χ0) is 11.5. The smallest absolute Gasteiger partial charge is 0.122 e. The highest BCUT2D eigenvalue weighted by molar-refractivity contribution is 9.11. The summed E-state index contributed by atoms with van der Waals surface area (Å²) in [5, 5.41) is 3.32. The largest absolute Gasteiger partial charge is 0.467 e. The summed E-state index contributed by atoms with van der Waals surface area (Å²) in [6, 6.07) is 7.99. The van der Waals surface area contributed by atoms with Gasteiger partial charge in [-0.05, 0) is 68.6 Å². The number of anilines is 1. The molecule has 16 heavy (non-hydrogen) atoms. The van der Waals surface area contributed by atoms with Crippen LogP contribution in [0.4, 0.5) is 5.69 Å². The zero-order valence-corrected chi connectivity index (χ0v) is 11.9. The number of aryl methyl sites for hydroxylation is 1. The van der Waals surface area contributed by atoms with Crippen molar-refractivity contribution in [3.63, 3.8) is 0 Å². The average Bonchev–Trinajstić information content (AvgIpc) is 2.68. The SMILES string of the molecule is Cc1cc(Br)c(NCc2ccco2)c(Br)c1. The van der Waals surface area contributed by atoms with Gasteiger partial charge in [-0.3, -0.25) is 0 Å². The summed E-state index contributed by atoms with van der Waals surface area (Å²) < 4.78 is 7.36. The van der Waals surface area contributed by atoms with Crippen LogP contribution >= 0.6 is 31.9 Å². The summed E-state index contributed by atoms with van der Waals surface area (Å²) >= 11 is 7.08. The molecule has 0 saturated carbocycles. The molecule has 0 aliphatic carbocycles. The van der Waals surface area contributed by atoms with Crippen molar-refractivity contribution in [2.75, 3.05) is 5.32 Å². The van der Waals surface area contributed by atoms with Gasteiger partial charge in [0.15, 0.2) is 0 Å². The van der Waals surface area contributed by atoms with Gasteiger partial charge in [0.25, 0.3) is 0 Å². The third kappa shape index (κ3) is 2.68. The molecule has 1 aromatic carbocycles. The first kappa shape index (κ1) is 11.7. The van der Waals surface area contributed by atoms with Gasteiger partial charge in [-0.15, -0.1) is 0 Å². The van der Waals surface area contributed by atoms with Crippen LogP contribution in [-0.2, 0) is 6.54 Å². The van der Waals surface area contributed by atoms with Crippen molar-refractivity contribution in [1.82, 2.24) is 0 Å². The maximum Gasteiger partial charge on any atom is 0.122 e. The van der Waals surface area contributed by atoms with Crippen LogP contribution in [0.15, 0.2) is 43.9 Å². The molecule has 0 saturated heterocycles. The summed E-state index contributed by atoms with van der Waals surface area (Å²) in [5.41, 5.74) is 2.25. The molecule has 0 amide bonds. The van der Waals surface area contributed by atoms with Crippen molar-refractivity contribution in [1.29, 1.82) is 0 Å². The molecule has 4 heteroatoms. The first-order chi connectivity index (χ1) is 7.66. The Morgan fingerprint density at radius 3 is 2.50 bits per heavy atom. The molecule has 0 atom stereocenters. The van der Waals surface area contributed by atoms with Crippen molar-refractivity contribution < 1.29 is 4.42 Å². The Morgan fingerprint density at radius 1 is 1.25 bits per heavy atom. The van der Waals surface area contributed by atoms with E-state index in [9.17, 15) is 0 Å². The van der Waals surface area contributed by atoms with Crippen molar-refractivity contribution >= 4 is 37.5 Å². The van der Waals surface area contributed by atoms with Gasteiger partial charge in [0.05, 0.1) is 18.5 Å². The molecule has 2 aromatic rings. The number of benzene rings is 1. The van der Waals surface area contributed by atoms with Crippen LogP contribution in [0.5, 0.6) is 0 Å². The molecular formula is C12H11Br2NO. The number of rotatable bonds is 3. The van der Waals surface area contributed by atoms with Crippen molar-refractivity contribution in [3.8, 4) is 0 Å². The first-order valence-electron chi connectivity index (χ1n) is 4.88. The van der Waals surface area contributed by atoms with Crippen LogP contribution in [0.25, 0.3) is 0 Å². The zero-order valence-electron chi connectivity index (χ0n) is 8.76. The molecular weight excluding hydrogens is 334 g/mol. The van der Waals surface area contributed by atoms with Crippen LogP contribution in [-0.4, -0.2) is 0 Å². The topological polar surface area (TPSA) is 25.2 Å². The van der Waals surface area contributed by atoms with E-state index in [4.69, 9.17) is 4.42 Å². The molecule has 84 valence electrons.